The fraction of sp³-hybridized carbons (Fsp3) is 0.571. The predicted octanol–water partition coefficient (Wildman–Crippen LogP) is 5.22. The molecule has 2 aromatic rings. The van der Waals surface area contributed by atoms with Crippen LogP contribution in [0, 0.1) is 5.92 Å². The highest BCUT2D eigenvalue weighted by Crippen LogP contribution is 2.27. The molecule has 5 heteroatoms. The number of pyridine rings is 1. The molecular weight excluding hydrogens is 346 g/mol. The van der Waals surface area contributed by atoms with Crippen molar-refractivity contribution in [1.82, 2.24) is 9.88 Å². The molecule has 1 N–H and O–H groups in total. The van der Waals surface area contributed by atoms with Gasteiger partial charge in [-0.3, -0.25) is 9.88 Å². The Hall–Kier alpha value is -1.52. The molecule has 1 unspecified atom stereocenters. The SMILES string of the molecule is CCC(C)N(CCNc1cc(OC)cc2cccnc12)CCC(C)C.Cl. The van der Waals surface area contributed by atoms with Crippen LogP contribution in [0.4, 0.5) is 5.69 Å². The van der Waals surface area contributed by atoms with Gasteiger partial charge in [-0.15, -0.1) is 12.4 Å². The third-order valence-corrected chi connectivity index (χ3v) is 4.84. The van der Waals surface area contributed by atoms with Crippen molar-refractivity contribution < 1.29 is 4.74 Å². The van der Waals surface area contributed by atoms with E-state index in [9.17, 15) is 0 Å². The number of halogens is 1. The van der Waals surface area contributed by atoms with Crippen molar-refractivity contribution in [2.45, 2.75) is 46.6 Å². The van der Waals surface area contributed by atoms with E-state index in [1.54, 1.807) is 7.11 Å². The number of hydrogen-bond donors (Lipinski definition) is 1. The number of nitrogens with one attached hydrogen (secondary N) is 1. The van der Waals surface area contributed by atoms with Crippen molar-refractivity contribution in [2.24, 2.45) is 5.92 Å². The molecule has 1 aromatic carbocycles. The van der Waals surface area contributed by atoms with Gasteiger partial charge < -0.3 is 10.1 Å². The number of fused-ring (bicyclic) bond motifs is 1. The fourth-order valence-electron chi connectivity index (χ4n) is 2.99. The van der Waals surface area contributed by atoms with E-state index in [0.717, 1.165) is 47.9 Å². The van der Waals surface area contributed by atoms with Gasteiger partial charge in [-0.1, -0.05) is 26.8 Å². The summed E-state index contributed by atoms with van der Waals surface area (Å²) in [5.41, 5.74) is 2.04. The normalized spacial score (nSPS) is 12.3. The smallest absolute Gasteiger partial charge is 0.121 e. The summed E-state index contributed by atoms with van der Waals surface area (Å²) in [6.45, 7) is 12.3. The molecule has 0 amide bonds. The Kier molecular flexibility index (Phi) is 9.74. The highest BCUT2D eigenvalue weighted by Gasteiger charge is 2.13. The van der Waals surface area contributed by atoms with E-state index in [2.05, 4.69) is 49.0 Å². The highest BCUT2D eigenvalue weighted by molar-refractivity contribution is 5.91. The molecule has 0 radical (unpaired) electrons. The lowest BCUT2D eigenvalue weighted by atomic mass is 10.1. The first-order valence-electron chi connectivity index (χ1n) is 9.45. The Morgan fingerprint density at radius 1 is 1.19 bits per heavy atom. The minimum Gasteiger partial charge on any atom is -0.497 e. The van der Waals surface area contributed by atoms with Crippen LogP contribution in [-0.4, -0.2) is 42.7 Å². The fourth-order valence-corrected chi connectivity index (χ4v) is 2.99. The van der Waals surface area contributed by atoms with Gasteiger partial charge in [-0.2, -0.15) is 0 Å². The molecule has 2 rings (SSSR count). The second kappa shape index (κ2) is 11.2. The summed E-state index contributed by atoms with van der Waals surface area (Å²) in [7, 11) is 1.71. The van der Waals surface area contributed by atoms with E-state index in [0.29, 0.717) is 6.04 Å². The zero-order chi connectivity index (χ0) is 18.2. The molecule has 0 fully saturated rings. The Balaban J connectivity index is 0.00000338. The van der Waals surface area contributed by atoms with Crippen molar-refractivity contribution in [3.05, 3.63) is 30.5 Å². The van der Waals surface area contributed by atoms with Crippen LogP contribution in [0.15, 0.2) is 30.5 Å². The number of hydrogen-bond acceptors (Lipinski definition) is 4. The van der Waals surface area contributed by atoms with E-state index in [-0.39, 0.29) is 12.4 Å². The number of nitrogens with zero attached hydrogens (tertiary/aromatic N) is 2. The Morgan fingerprint density at radius 3 is 2.62 bits per heavy atom. The number of ether oxygens (including phenoxy) is 1. The molecule has 26 heavy (non-hydrogen) atoms. The van der Waals surface area contributed by atoms with Crippen molar-refractivity contribution >= 4 is 29.0 Å². The second-order valence-electron chi connectivity index (χ2n) is 7.15. The van der Waals surface area contributed by atoms with Gasteiger partial charge in [0.05, 0.1) is 18.3 Å². The Bertz CT molecular complexity index is 663. The molecule has 1 heterocycles. The first-order valence-corrected chi connectivity index (χ1v) is 9.45. The van der Waals surface area contributed by atoms with Crippen molar-refractivity contribution in [3.8, 4) is 5.75 Å². The van der Waals surface area contributed by atoms with Gasteiger partial charge in [0.1, 0.15) is 5.75 Å². The van der Waals surface area contributed by atoms with E-state index >= 15 is 0 Å². The number of anilines is 1. The number of aromatic nitrogens is 1. The van der Waals surface area contributed by atoms with Gasteiger partial charge in [0.2, 0.25) is 0 Å². The maximum atomic E-state index is 5.43. The maximum absolute atomic E-state index is 5.43. The molecule has 0 aliphatic rings. The lowest BCUT2D eigenvalue weighted by Gasteiger charge is -2.29. The number of rotatable bonds is 10. The summed E-state index contributed by atoms with van der Waals surface area (Å²) in [5, 5.41) is 4.68. The molecular formula is C21H34ClN3O. The Labute approximate surface area is 164 Å². The summed E-state index contributed by atoms with van der Waals surface area (Å²) in [6.07, 6.45) is 4.27. The van der Waals surface area contributed by atoms with Gasteiger partial charge in [0.15, 0.2) is 0 Å². The molecule has 146 valence electrons. The van der Waals surface area contributed by atoms with Gasteiger partial charge in [0.25, 0.3) is 0 Å². The molecule has 0 saturated carbocycles. The van der Waals surface area contributed by atoms with Crippen LogP contribution < -0.4 is 10.1 Å². The van der Waals surface area contributed by atoms with E-state index in [1.165, 1.54) is 12.8 Å². The van der Waals surface area contributed by atoms with E-state index in [4.69, 9.17) is 4.74 Å². The molecule has 1 aromatic heterocycles. The van der Waals surface area contributed by atoms with Crippen LogP contribution in [0.5, 0.6) is 5.75 Å². The van der Waals surface area contributed by atoms with Crippen molar-refractivity contribution in [3.63, 3.8) is 0 Å². The van der Waals surface area contributed by atoms with E-state index in [1.807, 2.05) is 24.4 Å². The lowest BCUT2D eigenvalue weighted by Crippen LogP contribution is -2.37. The van der Waals surface area contributed by atoms with E-state index < -0.39 is 0 Å². The van der Waals surface area contributed by atoms with Gasteiger partial charge in [0, 0.05) is 36.8 Å². The maximum Gasteiger partial charge on any atom is 0.121 e. The van der Waals surface area contributed by atoms with Crippen LogP contribution in [0.2, 0.25) is 0 Å². The van der Waals surface area contributed by atoms with Crippen molar-refractivity contribution in [2.75, 3.05) is 32.1 Å². The molecule has 0 spiro atoms. The molecule has 0 aliphatic heterocycles. The van der Waals surface area contributed by atoms with Gasteiger partial charge in [-0.25, -0.2) is 0 Å². The topological polar surface area (TPSA) is 37.4 Å². The van der Waals surface area contributed by atoms with Crippen LogP contribution in [0.3, 0.4) is 0 Å². The zero-order valence-electron chi connectivity index (χ0n) is 16.8. The predicted molar refractivity (Wildman–Crippen MR) is 115 cm³/mol. The largest absolute Gasteiger partial charge is 0.497 e. The molecule has 0 aliphatic carbocycles. The third kappa shape index (κ3) is 6.33. The third-order valence-electron chi connectivity index (χ3n) is 4.84. The molecule has 4 nitrogen and oxygen atoms in total. The van der Waals surface area contributed by atoms with Gasteiger partial charge in [-0.05, 0) is 44.4 Å². The Morgan fingerprint density at radius 2 is 1.96 bits per heavy atom. The average molecular weight is 380 g/mol. The zero-order valence-corrected chi connectivity index (χ0v) is 17.6. The quantitative estimate of drug-likeness (QED) is 0.613. The second-order valence-corrected chi connectivity index (χ2v) is 7.15. The summed E-state index contributed by atoms with van der Waals surface area (Å²) >= 11 is 0. The first kappa shape index (κ1) is 22.5. The van der Waals surface area contributed by atoms with Gasteiger partial charge >= 0.3 is 0 Å². The number of benzene rings is 1. The highest BCUT2D eigenvalue weighted by atomic mass is 35.5. The van der Waals surface area contributed by atoms with Crippen LogP contribution in [-0.2, 0) is 0 Å². The summed E-state index contributed by atoms with van der Waals surface area (Å²) in [5.74, 6) is 1.60. The summed E-state index contributed by atoms with van der Waals surface area (Å²) in [4.78, 5) is 7.12. The van der Waals surface area contributed by atoms with Crippen LogP contribution >= 0.6 is 12.4 Å². The summed E-state index contributed by atoms with van der Waals surface area (Å²) in [6, 6.07) is 8.71. The van der Waals surface area contributed by atoms with Crippen molar-refractivity contribution in [1.29, 1.82) is 0 Å². The molecule has 0 saturated heterocycles. The minimum atomic E-state index is 0. The first-order chi connectivity index (χ1) is 12.0. The monoisotopic (exact) mass is 379 g/mol. The van der Waals surface area contributed by atoms with Crippen LogP contribution in [0.1, 0.15) is 40.5 Å². The summed E-state index contributed by atoms with van der Waals surface area (Å²) < 4.78 is 5.43. The molecule has 0 bridgehead atoms. The number of methoxy groups -OCH3 is 1. The standard InChI is InChI=1S/C21H33N3O.ClH/c1-6-17(4)24(12-9-16(2)3)13-11-22-20-15-19(25-5)14-18-8-7-10-23-21(18)20;/h7-8,10,14-17,22H,6,9,11-13H2,1-5H3;1H. The minimum absolute atomic E-state index is 0. The van der Waals surface area contributed by atoms with Crippen LogP contribution in [0.25, 0.3) is 10.9 Å². The molecule has 1 atom stereocenters. The lowest BCUT2D eigenvalue weighted by molar-refractivity contribution is 0.200. The average Bonchev–Trinajstić information content (AvgIpc) is 2.63.